The smallest absolute Gasteiger partial charge is 0.226 e. The lowest BCUT2D eigenvalue weighted by atomic mass is 9.98. The zero-order valence-corrected chi connectivity index (χ0v) is 19.8. The topological polar surface area (TPSA) is 63.0 Å². The van der Waals surface area contributed by atoms with Crippen LogP contribution in [0.4, 0.5) is 0 Å². The first-order valence-corrected chi connectivity index (χ1v) is 11.8. The Labute approximate surface area is 195 Å². The van der Waals surface area contributed by atoms with Crippen LogP contribution in [0.15, 0.2) is 52.9 Å². The molecule has 0 N–H and O–H groups in total. The molecule has 33 heavy (non-hydrogen) atoms. The molecule has 1 aromatic heterocycles. The molecule has 0 radical (unpaired) electrons. The van der Waals surface area contributed by atoms with Gasteiger partial charge in [-0.3, -0.25) is 0 Å². The van der Waals surface area contributed by atoms with Crippen LogP contribution in [-0.2, 0) is 21.9 Å². The van der Waals surface area contributed by atoms with Crippen molar-refractivity contribution in [3.8, 4) is 23.0 Å². The second kappa shape index (κ2) is 10.9. The third kappa shape index (κ3) is 5.40. The summed E-state index contributed by atoms with van der Waals surface area (Å²) in [6.07, 6.45) is 5.48. The average Bonchev–Trinajstić information content (AvgIpc) is 3.48. The number of ether oxygens (including phenoxy) is 4. The number of oxazole rings is 1. The van der Waals surface area contributed by atoms with E-state index < -0.39 is 5.79 Å². The quantitative estimate of drug-likeness (QED) is 0.314. The summed E-state index contributed by atoms with van der Waals surface area (Å²) >= 11 is 0. The maximum atomic E-state index is 6.10. The Bertz CT molecular complexity index is 1020. The van der Waals surface area contributed by atoms with Gasteiger partial charge in [-0.05, 0) is 43.7 Å². The van der Waals surface area contributed by atoms with E-state index in [9.17, 15) is 0 Å². The van der Waals surface area contributed by atoms with Crippen LogP contribution in [0.2, 0.25) is 0 Å². The van der Waals surface area contributed by atoms with Crippen molar-refractivity contribution in [3.63, 3.8) is 0 Å². The zero-order chi connectivity index (χ0) is 23.1. The van der Waals surface area contributed by atoms with Crippen molar-refractivity contribution in [2.24, 2.45) is 0 Å². The van der Waals surface area contributed by atoms with E-state index in [2.05, 4.69) is 11.9 Å². The fourth-order valence-electron chi connectivity index (χ4n) is 4.13. The van der Waals surface area contributed by atoms with E-state index in [0.717, 1.165) is 35.4 Å². The lowest BCUT2D eigenvalue weighted by Crippen LogP contribution is -2.27. The average molecular weight is 452 g/mol. The summed E-state index contributed by atoms with van der Waals surface area (Å²) in [4.78, 5) is 4.62. The number of benzene rings is 2. The van der Waals surface area contributed by atoms with Gasteiger partial charge >= 0.3 is 0 Å². The Morgan fingerprint density at radius 2 is 1.76 bits per heavy atom. The molecular weight excluding hydrogens is 418 g/mol. The Balaban J connectivity index is 1.48. The van der Waals surface area contributed by atoms with Gasteiger partial charge in [0.15, 0.2) is 17.3 Å². The molecule has 0 aliphatic carbocycles. The van der Waals surface area contributed by atoms with Crippen LogP contribution < -0.4 is 9.47 Å². The fraction of sp³-hybridized carbons (Fsp3) is 0.444. The van der Waals surface area contributed by atoms with E-state index in [1.807, 2.05) is 55.5 Å². The number of aryl methyl sites for hydroxylation is 1. The summed E-state index contributed by atoms with van der Waals surface area (Å²) in [6, 6.07) is 15.7. The van der Waals surface area contributed by atoms with Gasteiger partial charge in [0, 0.05) is 17.5 Å². The molecule has 6 heteroatoms. The molecule has 6 nitrogen and oxygen atoms in total. The fourth-order valence-corrected chi connectivity index (χ4v) is 4.13. The van der Waals surface area contributed by atoms with E-state index in [-0.39, 0.29) is 6.61 Å². The van der Waals surface area contributed by atoms with E-state index in [1.54, 1.807) is 7.11 Å². The van der Waals surface area contributed by atoms with Gasteiger partial charge in [-0.1, -0.05) is 44.4 Å². The van der Waals surface area contributed by atoms with Gasteiger partial charge in [0.1, 0.15) is 18.1 Å². The highest BCUT2D eigenvalue weighted by atomic mass is 16.7. The second-order valence-electron chi connectivity index (χ2n) is 8.30. The normalized spacial score (nSPS) is 15.0. The zero-order valence-electron chi connectivity index (χ0n) is 19.8. The van der Waals surface area contributed by atoms with Crippen molar-refractivity contribution in [2.45, 2.75) is 58.3 Å². The highest BCUT2D eigenvalue weighted by Crippen LogP contribution is 2.40. The van der Waals surface area contributed by atoms with Crippen LogP contribution in [0.5, 0.6) is 11.5 Å². The molecule has 1 fully saturated rings. The van der Waals surface area contributed by atoms with Gasteiger partial charge in [0.25, 0.3) is 0 Å². The van der Waals surface area contributed by atoms with Crippen molar-refractivity contribution in [1.82, 2.24) is 4.98 Å². The minimum absolute atomic E-state index is 0.285. The predicted octanol–water partition coefficient (Wildman–Crippen LogP) is 6.41. The van der Waals surface area contributed by atoms with E-state index in [1.165, 1.54) is 19.3 Å². The van der Waals surface area contributed by atoms with Crippen molar-refractivity contribution in [3.05, 3.63) is 65.5 Å². The summed E-state index contributed by atoms with van der Waals surface area (Å²) in [5, 5.41) is 0. The van der Waals surface area contributed by atoms with Crippen LogP contribution in [0.3, 0.4) is 0 Å². The SMILES string of the molecule is CCCCCCC1(c2ccc(OCc3nc(-c4ccccc4)oc3C)c(OC)c2)OCCO1. The Kier molecular flexibility index (Phi) is 7.68. The van der Waals surface area contributed by atoms with Gasteiger partial charge in [-0.15, -0.1) is 0 Å². The first kappa shape index (κ1) is 23.3. The maximum Gasteiger partial charge on any atom is 0.226 e. The highest BCUT2D eigenvalue weighted by molar-refractivity contribution is 5.53. The van der Waals surface area contributed by atoms with Gasteiger partial charge in [-0.25, -0.2) is 4.98 Å². The van der Waals surface area contributed by atoms with Gasteiger partial charge < -0.3 is 23.4 Å². The summed E-state index contributed by atoms with van der Waals surface area (Å²) in [5.41, 5.74) is 2.66. The van der Waals surface area contributed by atoms with Crippen molar-refractivity contribution < 1.29 is 23.4 Å². The molecule has 4 rings (SSSR count). The number of methoxy groups -OCH3 is 1. The molecule has 0 unspecified atom stereocenters. The minimum atomic E-state index is -0.702. The Morgan fingerprint density at radius 1 is 0.970 bits per heavy atom. The van der Waals surface area contributed by atoms with Crippen LogP contribution >= 0.6 is 0 Å². The lowest BCUT2D eigenvalue weighted by molar-refractivity contribution is -0.171. The molecule has 3 aromatic rings. The molecule has 0 atom stereocenters. The number of hydrogen-bond donors (Lipinski definition) is 0. The molecule has 0 amide bonds. The van der Waals surface area contributed by atoms with Crippen molar-refractivity contribution >= 4 is 0 Å². The second-order valence-corrected chi connectivity index (χ2v) is 8.30. The number of aromatic nitrogens is 1. The summed E-state index contributed by atoms with van der Waals surface area (Å²) < 4.78 is 29.8. The summed E-state index contributed by atoms with van der Waals surface area (Å²) in [7, 11) is 1.64. The van der Waals surface area contributed by atoms with E-state index in [4.69, 9.17) is 23.4 Å². The molecule has 1 aliphatic rings. The number of rotatable bonds is 11. The van der Waals surface area contributed by atoms with E-state index >= 15 is 0 Å². The number of nitrogens with zero attached hydrogens (tertiary/aromatic N) is 1. The lowest BCUT2D eigenvalue weighted by Gasteiger charge is -2.28. The molecule has 0 spiro atoms. The summed E-state index contributed by atoms with van der Waals surface area (Å²) in [5.74, 6) is 1.91. The molecule has 2 heterocycles. The van der Waals surface area contributed by atoms with Gasteiger partial charge in [-0.2, -0.15) is 0 Å². The third-order valence-electron chi connectivity index (χ3n) is 5.99. The monoisotopic (exact) mass is 451 g/mol. The summed E-state index contributed by atoms with van der Waals surface area (Å²) in [6.45, 7) is 5.60. The maximum absolute atomic E-state index is 6.10. The third-order valence-corrected chi connectivity index (χ3v) is 5.99. The first-order valence-electron chi connectivity index (χ1n) is 11.8. The Hall–Kier alpha value is -2.83. The van der Waals surface area contributed by atoms with Crippen LogP contribution in [0, 0.1) is 6.92 Å². The molecule has 0 bridgehead atoms. The first-order chi connectivity index (χ1) is 16.1. The van der Waals surface area contributed by atoms with Gasteiger partial charge in [0.05, 0.1) is 20.3 Å². The van der Waals surface area contributed by atoms with Gasteiger partial charge in [0.2, 0.25) is 5.89 Å². The van der Waals surface area contributed by atoms with Crippen molar-refractivity contribution in [2.75, 3.05) is 20.3 Å². The molecule has 2 aromatic carbocycles. The van der Waals surface area contributed by atoms with Crippen LogP contribution in [0.25, 0.3) is 11.5 Å². The molecule has 176 valence electrons. The molecule has 1 saturated heterocycles. The van der Waals surface area contributed by atoms with E-state index in [0.29, 0.717) is 30.6 Å². The highest BCUT2D eigenvalue weighted by Gasteiger charge is 2.38. The predicted molar refractivity (Wildman–Crippen MR) is 126 cm³/mol. The number of unbranched alkanes of at least 4 members (excludes halogenated alkanes) is 3. The standard InChI is InChI=1S/C27H33NO5/c1-4-5-6-10-15-27(31-16-17-32-27)22-13-14-24(25(18-22)29-3)30-19-23-20(2)33-26(28-23)21-11-8-7-9-12-21/h7-9,11-14,18H,4-6,10,15-17,19H2,1-3H3. The molecule has 0 saturated carbocycles. The van der Waals surface area contributed by atoms with Crippen molar-refractivity contribution in [1.29, 1.82) is 0 Å². The molecular formula is C27H33NO5. The largest absolute Gasteiger partial charge is 0.493 e. The Morgan fingerprint density at radius 3 is 2.48 bits per heavy atom. The molecule has 1 aliphatic heterocycles. The number of hydrogen-bond acceptors (Lipinski definition) is 6. The minimum Gasteiger partial charge on any atom is -0.493 e. The van der Waals surface area contributed by atoms with Crippen LogP contribution in [-0.4, -0.2) is 25.3 Å². The van der Waals surface area contributed by atoms with Crippen LogP contribution in [0.1, 0.15) is 56.0 Å².